The molecule has 0 atom stereocenters. The fourth-order valence-corrected chi connectivity index (χ4v) is 3.80. The van der Waals surface area contributed by atoms with Gasteiger partial charge >= 0.3 is 5.97 Å². The molecule has 2 heterocycles. The first kappa shape index (κ1) is 19.0. The molecule has 0 unspecified atom stereocenters. The van der Waals surface area contributed by atoms with Gasteiger partial charge in [0.1, 0.15) is 18.1 Å². The topological polar surface area (TPSA) is 69.7 Å². The van der Waals surface area contributed by atoms with Gasteiger partial charge in [0.25, 0.3) is 0 Å². The molecule has 3 aromatic rings. The van der Waals surface area contributed by atoms with Gasteiger partial charge in [0.15, 0.2) is 0 Å². The molecule has 0 saturated carbocycles. The number of hydrazine groups is 1. The summed E-state index contributed by atoms with van der Waals surface area (Å²) in [4.78, 5) is 11.0. The van der Waals surface area contributed by atoms with Crippen LogP contribution in [0.3, 0.4) is 0 Å². The summed E-state index contributed by atoms with van der Waals surface area (Å²) in [6, 6.07) is 18.1. The zero-order valence-electron chi connectivity index (χ0n) is 16.4. The van der Waals surface area contributed by atoms with Gasteiger partial charge in [-0.05, 0) is 37.1 Å². The second kappa shape index (κ2) is 8.38. The summed E-state index contributed by atoms with van der Waals surface area (Å²) in [5.41, 5.74) is 1.79. The Morgan fingerprint density at radius 2 is 1.83 bits per heavy atom. The van der Waals surface area contributed by atoms with Crippen molar-refractivity contribution in [2.45, 2.75) is 32.9 Å². The van der Waals surface area contributed by atoms with E-state index < -0.39 is 0 Å². The Labute approximate surface area is 169 Å². The van der Waals surface area contributed by atoms with E-state index in [2.05, 4.69) is 22.2 Å². The van der Waals surface area contributed by atoms with Gasteiger partial charge < -0.3 is 14.2 Å². The molecule has 2 aromatic carbocycles. The molecule has 1 fully saturated rings. The molecule has 0 bridgehead atoms. The number of esters is 1. The fraction of sp³-hybridized carbons (Fsp3) is 0.304. The van der Waals surface area contributed by atoms with Gasteiger partial charge in [0.05, 0.1) is 23.9 Å². The molecule has 4 rings (SSSR count). The molecule has 1 aliphatic rings. The van der Waals surface area contributed by atoms with Crippen LogP contribution in [0.25, 0.3) is 10.8 Å². The average Bonchev–Trinajstić information content (AvgIpc) is 3.19. The molecular weight excluding hydrogens is 366 g/mol. The van der Waals surface area contributed by atoms with E-state index in [-0.39, 0.29) is 12.6 Å². The van der Waals surface area contributed by atoms with Crippen molar-refractivity contribution in [3.05, 3.63) is 65.6 Å². The number of hydrogen-bond acceptors (Lipinski definition) is 6. The monoisotopic (exact) mass is 389 g/mol. The summed E-state index contributed by atoms with van der Waals surface area (Å²) >= 11 is 0. The van der Waals surface area contributed by atoms with Crippen molar-refractivity contribution in [1.29, 1.82) is 5.26 Å². The third-order valence-corrected chi connectivity index (χ3v) is 5.15. The lowest BCUT2D eigenvalue weighted by Gasteiger charge is -2.40. The van der Waals surface area contributed by atoms with Crippen LogP contribution in [0.4, 0.5) is 5.69 Å². The molecule has 1 aliphatic heterocycles. The van der Waals surface area contributed by atoms with Gasteiger partial charge in [-0.3, -0.25) is 4.79 Å². The highest BCUT2D eigenvalue weighted by Gasteiger charge is 2.23. The van der Waals surface area contributed by atoms with Crippen molar-refractivity contribution in [1.82, 2.24) is 5.01 Å². The predicted molar refractivity (Wildman–Crippen MR) is 110 cm³/mol. The van der Waals surface area contributed by atoms with E-state index in [1.54, 1.807) is 0 Å². The molecule has 0 aliphatic carbocycles. The number of hydrogen-bond donors (Lipinski definition) is 0. The summed E-state index contributed by atoms with van der Waals surface area (Å²) in [5.74, 6) is 1.15. The van der Waals surface area contributed by atoms with Crippen LogP contribution in [0.1, 0.15) is 36.8 Å². The number of benzene rings is 2. The van der Waals surface area contributed by atoms with Crippen LogP contribution >= 0.6 is 0 Å². The molecule has 6 nitrogen and oxygen atoms in total. The number of furan rings is 1. The molecule has 0 amide bonds. The van der Waals surface area contributed by atoms with Crippen molar-refractivity contribution < 1.29 is 13.9 Å². The van der Waals surface area contributed by atoms with Crippen LogP contribution in [0.5, 0.6) is 0 Å². The maximum Gasteiger partial charge on any atom is 0.303 e. The van der Waals surface area contributed by atoms with E-state index in [1.165, 1.54) is 6.92 Å². The summed E-state index contributed by atoms with van der Waals surface area (Å²) in [6.07, 6.45) is 2.23. The number of carbonyl (C=O) groups excluding carboxylic acids is 1. The minimum Gasteiger partial charge on any atom is -0.461 e. The lowest BCUT2D eigenvalue weighted by Crippen LogP contribution is -2.47. The van der Waals surface area contributed by atoms with Crippen LogP contribution in [-0.4, -0.2) is 24.1 Å². The number of nitriles is 1. The number of rotatable bonds is 5. The normalized spacial score (nSPS) is 14.7. The molecule has 29 heavy (non-hydrogen) atoms. The Morgan fingerprint density at radius 1 is 1.07 bits per heavy atom. The maximum atomic E-state index is 11.0. The SMILES string of the molecule is CC(=O)OCc1ccc(CN2CCCCN2c2ccc(C#N)c3ccccc23)o1. The van der Waals surface area contributed by atoms with E-state index in [1.807, 2.05) is 42.5 Å². The van der Waals surface area contributed by atoms with Crippen LogP contribution < -0.4 is 5.01 Å². The predicted octanol–water partition coefficient (Wildman–Crippen LogP) is 4.38. The summed E-state index contributed by atoms with van der Waals surface area (Å²) in [5, 5.41) is 16.1. The fourth-order valence-electron chi connectivity index (χ4n) is 3.80. The first-order valence-corrected chi connectivity index (χ1v) is 9.81. The van der Waals surface area contributed by atoms with E-state index >= 15 is 0 Å². The second-order valence-corrected chi connectivity index (χ2v) is 7.16. The van der Waals surface area contributed by atoms with Crippen LogP contribution in [0.15, 0.2) is 52.9 Å². The molecule has 0 spiro atoms. The largest absolute Gasteiger partial charge is 0.461 e. The zero-order valence-corrected chi connectivity index (χ0v) is 16.4. The molecule has 1 aromatic heterocycles. The summed E-state index contributed by atoms with van der Waals surface area (Å²) in [7, 11) is 0. The highest BCUT2D eigenvalue weighted by Crippen LogP contribution is 2.32. The Balaban J connectivity index is 1.60. The third-order valence-electron chi connectivity index (χ3n) is 5.15. The van der Waals surface area contributed by atoms with Gasteiger partial charge in [-0.1, -0.05) is 24.3 Å². The van der Waals surface area contributed by atoms with E-state index in [4.69, 9.17) is 9.15 Å². The van der Waals surface area contributed by atoms with E-state index in [9.17, 15) is 10.1 Å². The first-order valence-electron chi connectivity index (χ1n) is 9.81. The summed E-state index contributed by atoms with van der Waals surface area (Å²) < 4.78 is 10.9. The minimum atomic E-state index is -0.321. The van der Waals surface area contributed by atoms with Crippen molar-refractivity contribution in [2.24, 2.45) is 0 Å². The Kier molecular flexibility index (Phi) is 5.50. The zero-order chi connectivity index (χ0) is 20.2. The number of fused-ring (bicyclic) bond motifs is 1. The van der Waals surface area contributed by atoms with Crippen LogP contribution in [0, 0.1) is 11.3 Å². The Hall–Kier alpha value is -3.30. The van der Waals surface area contributed by atoms with E-state index in [0.29, 0.717) is 17.9 Å². The number of carbonyl (C=O) groups is 1. The van der Waals surface area contributed by atoms with Crippen LogP contribution in [-0.2, 0) is 22.7 Å². The van der Waals surface area contributed by atoms with Crippen LogP contribution in [0.2, 0.25) is 0 Å². The lowest BCUT2D eigenvalue weighted by molar-refractivity contribution is -0.142. The second-order valence-electron chi connectivity index (χ2n) is 7.16. The highest BCUT2D eigenvalue weighted by atomic mass is 16.5. The molecular formula is C23H23N3O3. The van der Waals surface area contributed by atoms with Gasteiger partial charge in [-0.2, -0.15) is 5.26 Å². The van der Waals surface area contributed by atoms with Crippen molar-refractivity contribution in [3.8, 4) is 6.07 Å². The maximum absolute atomic E-state index is 11.0. The molecule has 6 heteroatoms. The smallest absolute Gasteiger partial charge is 0.303 e. The third kappa shape index (κ3) is 4.10. The van der Waals surface area contributed by atoms with Gasteiger partial charge in [-0.25, -0.2) is 5.01 Å². The van der Waals surface area contributed by atoms with Gasteiger partial charge in [-0.15, -0.1) is 0 Å². The molecule has 148 valence electrons. The minimum absolute atomic E-state index is 0.152. The Morgan fingerprint density at radius 3 is 2.62 bits per heavy atom. The molecule has 0 N–H and O–H groups in total. The van der Waals surface area contributed by atoms with E-state index in [0.717, 1.165) is 48.2 Å². The standard InChI is InChI=1S/C23H23N3O3/c1-17(27)28-16-20-10-9-19(29-20)15-25-12-4-5-13-26(25)23-11-8-18(14-24)21-6-2-3-7-22(21)23/h2-3,6-11H,4-5,12-13,15-16H2,1H3. The highest BCUT2D eigenvalue weighted by molar-refractivity contribution is 5.97. The van der Waals surface area contributed by atoms with Crippen molar-refractivity contribution >= 4 is 22.4 Å². The number of anilines is 1. The van der Waals surface area contributed by atoms with Crippen molar-refractivity contribution in [3.63, 3.8) is 0 Å². The summed E-state index contributed by atoms with van der Waals surface area (Å²) in [6.45, 7) is 4.01. The average molecular weight is 389 g/mol. The Bertz CT molecular complexity index is 1070. The van der Waals surface area contributed by atoms with Gasteiger partial charge in [0.2, 0.25) is 0 Å². The van der Waals surface area contributed by atoms with Gasteiger partial charge in [0, 0.05) is 30.8 Å². The molecule has 1 saturated heterocycles. The first-order chi connectivity index (χ1) is 14.2. The number of ether oxygens (including phenoxy) is 1. The lowest BCUT2D eigenvalue weighted by atomic mass is 10.0. The number of nitrogens with zero attached hydrogens (tertiary/aromatic N) is 3. The van der Waals surface area contributed by atoms with Crippen molar-refractivity contribution in [2.75, 3.05) is 18.1 Å². The molecule has 0 radical (unpaired) electrons. The quantitative estimate of drug-likeness (QED) is 0.603.